The average molecular weight is 603 g/mol. The highest BCUT2D eigenvalue weighted by molar-refractivity contribution is 6.16. The zero-order chi connectivity index (χ0) is 31.9. The maximum absolute atomic E-state index is 12.9. The second-order valence-electron chi connectivity index (χ2n) is 9.75. The Morgan fingerprint density at radius 1 is 0.886 bits per heavy atom. The van der Waals surface area contributed by atoms with E-state index >= 15 is 0 Å². The number of esters is 1. The van der Waals surface area contributed by atoms with Crippen LogP contribution in [0.5, 0.6) is 23.0 Å². The molecule has 12 nitrogen and oxygen atoms in total. The van der Waals surface area contributed by atoms with Crippen molar-refractivity contribution in [2.24, 2.45) is 0 Å². The number of carboxylic acids is 1. The largest absolute Gasteiger partial charge is 0.507 e. The maximum atomic E-state index is 12.9. The highest BCUT2D eigenvalue weighted by atomic mass is 16.5. The van der Waals surface area contributed by atoms with Gasteiger partial charge in [0, 0.05) is 5.56 Å². The van der Waals surface area contributed by atoms with Gasteiger partial charge in [0.15, 0.2) is 0 Å². The van der Waals surface area contributed by atoms with Crippen molar-refractivity contribution in [2.45, 2.75) is 12.5 Å². The molecule has 5 rings (SSSR count). The van der Waals surface area contributed by atoms with Gasteiger partial charge in [-0.25, -0.2) is 9.59 Å². The normalized spacial score (nSPS) is 12.4. The number of carbonyl (C=O) groups excluding carboxylic acids is 1. The lowest BCUT2D eigenvalue weighted by molar-refractivity contribution is -0.136. The Morgan fingerprint density at radius 3 is 2.14 bits per heavy atom. The molecule has 0 aliphatic heterocycles. The van der Waals surface area contributed by atoms with Crippen LogP contribution in [0, 0.1) is 0 Å². The summed E-state index contributed by atoms with van der Waals surface area (Å²) in [5, 5.41) is 54.2. The molecule has 5 aromatic rings. The van der Waals surface area contributed by atoms with Crippen LogP contribution in [0.4, 0.5) is 0 Å². The molecule has 0 aliphatic rings. The fraction of sp³-hybridized carbons (Fsp3) is 0.156. The maximum Gasteiger partial charge on any atom is 0.374 e. The van der Waals surface area contributed by atoms with Gasteiger partial charge in [-0.3, -0.25) is 4.79 Å². The Kier molecular flexibility index (Phi) is 7.77. The van der Waals surface area contributed by atoms with E-state index in [1.165, 1.54) is 44.6 Å². The Bertz CT molecular complexity index is 2070. The molecule has 1 unspecified atom stereocenters. The fourth-order valence-electron chi connectivity index (χ4n) is 5.37. The number of phenolic OH excluding ortho intramolecular Hbond substituents is 2. The summed E-state index contributed by atoms with van der Waals surface area (Å²) in [6.07, 6.45) is -1.17. The zero-order valence-electron chi connectivity index (χ0n) is 23.6. The number of hydrogen-bond acceptors (Lipinski definition) is 11. The van der Waals surface area contributed by atoms with E-state index in [9.17, 15) is 39.9 Å². The molecule has 1 heterocycles. The quantitative estimate of drug-likeness (QED) is 0.0945. The van der Waals surface area contributed by atoms with Gasteiger partial charge in [0.2, 0.25) is 5.76 Å². The number of methoxy groups -OCH3 is 3. The SMILES string of the molecule is COC(=O)c1cc2cc3cc4cc(CC(=O)O)c(C(O)/C=C(\O)c5ccccc5O)c(OC)c4c(OC)c3c(O)c2c(=O)o1. The van der Waals surface area contributed by atoms with Gasteiger partial charge in [-0.15, -0.1) is 0 Å². The Balaban J connectivity index is 1.87. The van der Waals surface area contributed by atoms with Crippen LogP contribution in [0.3, 0.4) is 0 Å². The first-order valence-electron chi connectivity index (χ1n) is 13.0. The van der Waals surface area contributed by atoms with Crippen LogP contribution >= 0.6 is 0 Å². The topological polar surface area (TPSA) is 193 Å². The molecule has 226 valence electrons. The first-order chi connectivity index (χ1) is 21.0. The first kappa shape index (κ1) is 29.7. The van der Waals surface area contributed by atoms with E-state index < -0.39 is 41.6 Å². The van der Waals surface area contributed by atoms with E-state index in [1.807, 2.05) is 0 Å². The third kappa shape index (κ3) is 4.96. The number of carbonyl (C=O) groups is 2. The number of aromatic hydroxyl groups is 2. The number of carboxylic acid groups (broad SMARTS) is 1. The molecule has 0 bridgehead atoms. The molecule has 1 atom stereocenters. The lowest BCUT2D eigenvalue weighted by Crippen LogP contribution is -2.10. The van der Waals surface area contributed by atoms with Gasteiger partial charge in [-0.2, -0.15) is 0 Å². The highest BCUT2D eigenvalue weighted by Crippen LogP contribution is 2.49. The van der Waals surface area contributed by atoms with Gasteiger partial charge in [-0.1, -0.05) is 12.1 Å². The second kappa shape index (κ2) is 11.5. The van der Waals surface area contributed by atoms with Crippen molar-refractivity contribution in [1.29, 1.82) is 0 Å². The predicted molar refractivity (Wildman–Crippen MR) is 159 cm³/mol. The standard InChI is InChI=1S/C32H26O12/c1-41-29-24(21(35)13-20(34)18-6-4-5-7-19(18)33)17(12-23(36)37)10-15-8-14-9-16-11-22(31(39)43-3)44-32(40)26(16)28(38)25(14)30(42-2)27(15)29/h4-11,13,21,33-35,38H,12H2,1-3H3,(H,36,37)/b20-13-. The number of aliphatic hydroxyl groups excluding tert-OH is 2. The van der Waals surface area contributed by atoms with Gasteiger partial charge in [0.1, 0.15) is 40.2 Å². The minimum atomic E-state index is -1.64. The molecule has 0 radical (unpaired) electrons. The van der Waals surface area contributed by atoms with Crippen LogP contribution in [-0.4, -0.2) is 58.8 Å². The smallest absolute Gasteiger partial charge is 0.374 e. The number of rotatable bonds is 8. The molecule has 4 aromatic carbocycles. The molecular formula is C32H26O12. The number of hydrogen-bond donors (Lipinski definition) is 5. The summed E-state index contributed by atoms with van der Waals surface area (Å²) in [6, 6.07) is 11.8. The number of para-hydroxylation sites is 1. The molecule has 44 heavy (non-hydrogen) atoms. The minimum Gasteiger partial charge on any atom is -0.507 e. The van der Waals surface area contributed by atoms with Gasteiger partial charge in [0.05, 0.1) is 44.1 Å². The number of benzene rings is 4. The average Bonchev–Trinajstić information content (AvgIpc) is 2.98. The van der Waals surface area contributed by atoms with Crippen molar-refractivity contribution >= 4 is 50.0 Å². The molecule has 0 saturated heterocycles. The summed E-state index contributed by atoms with van der Waals surface area (Å²) in [5.74, 6) is -3.73. The molecule has 0 fully saturated rings. The van der Waals surface area contributed by atoms with Crippen molar-refractivity contribution in [3.8, 4) is 23.0 Å². The zero-order valence-corrected chi connectivity index (χ0v) is 23.6. The van der Waals surface area contributed by atoms with Crippen molar-refractivity contribution < 1.29 is 53.7 Å². The molecule has 0 aliphatic carbocycles. The van der Waals surface area contributed by atoms with Crippen LogP contribution in [0.25, 0.3) is 38.1 Å². The van der Waals surface area contributed by atoms with Gasteiger partial charge in [-0.05, 0) is 64.2 Å². The Labute approximate surface area is 248 Å². The first-order valence-corrected chi connectivity index (χ1v) is 13.0. The van der Waals surface area contributed by atoms with Crippen LogP contribution in [0.1, 0.15) is 33.3 Å². The van der Waals surface area contributed by atoms with Crippen molar-refractivity contribution in [3.05, 3.63) is 87.5 Å². The van der Waals surface area contributed by atoms with Gasteiger partial charge in [0.25, 0.3) is 0 Å². The number of aliphatic carboxylic acids is 1. The predicted octanol–water partition coefficient (Wildman–Crippen LogP) is 4.57. The number of fused-ring (bicyclic) bond motifs is 3. The monoisotopic (exact) mass is 602 g/mol. The third-order valence-corrected chi connectivity index (χ3v) is 7.18. The molecule has 1 aromatic heterocycles. The lowest BCUT2D eigenvalue weighted by atomic mass is 9.90. The van der Waals surface area contributed by atoms with Crippen molar-refractivity contribution in [1.82, 2.24) is 0 Å². The Hall–Kier alpha value is -5.75. The minimum absolute atomic E-state index is 0.0226. The van der Waals surface area contributed by atoms with Crippen LogP contribution < -0.4 is 15.1 Å². The summed E-state index contributed by atoms with van der Waals surface area (Å²) in [5.41, 5.74) is -0.866. The number of ether oxygens (including phenoxy) is 3. The molecule has 12 heteroatoms. The molecule has 0 spiro atoms. The molecular weight excluding hydrogens is 576 g/mol. The van der Waals surface area contributed by atoms with E-state index in [-0.39, 0.29) is 61.2 Å². The lowest BCUT2D eigenvalue weighted by Gasteiger charge is -2.22. The summed E-state index contributed by atoms with van der Waals surface area (Å²) in [7, 11) is 3.72. The van der Waals surface area contributed by atoms with Crippen molar-refractivity contribution in [3.63, 3.8) is 0 Å². The number of phenols is 2. The van der Waals surface area contributed by atoms with Crippen molar-refractivity contribution in [2.75, 3.05) is 21.3 Å². The van der Waals surface area contributed by atoms with E-state index in [0.29, 0.717) is 10.8 Å². The summed E-state index contributed by atoms with van der Waals surface area (Å²) < 4.78 is 21.1. The van der Waals surface area contributed by atoms with Gasteiger partial charge >= 0.3 is 17.6 Å². The molecule has 5 N–H and O–H groups in total. The van der Waals surface area contributed by atoms with Crippen LogP contribution in [-0.2, 0) is 16.0 Å². The van der Waals surface area contributed by atoms with E-state index in [4.69, 9.17) is 13.9 Å². The van der Waals surface area contributed by atoms with E-state index in [2.05, 4.69) is 4.74 Å². The van der Waals surface area contributed by atoms with Gasteiger partial charge < -0.3 is 44.2 Å². The summed E-state index contributed by atoms with van der Waals surface area (Å²) in [6.45, 7) is 0. The second-order valence-corrected chi connectivity index (χ2v) is 9.75. The summed E-state index contributed by atoms with van der Waals surface area (Å²) >= 11 is 0. The van der Waals surface area contributed by atoms with E-state index in [0.717, 1.165) is 13.2 Å². The Morgan fingerprint density at radius 2 is 1.52 bits per heavy atom. The highest BCUT2D eigenvalue weighted by Gasteiger charge is 2.27. The van der Waals surface area contributed by atoms with E-state index in [1.54, 1.807) is 18.2 Å². The van der Waals surface area contributed by atoms with Crippen LogP contribution in [0.2, 0.25) is 0 Å². The van der Waals surface area contributed by atoms with Crippen LogP contribution in [0.15, 0.2) is 63.8 Å². The molecule has 0 amide bonds. The fourth-order valence-corrected chi connectivity index (χ4v) is 5.37. The number of aliphatic hydroxyl groups is 2. The summed E-state index contributed by atoms with van der Waals surface area (Å²) in [4.78, 5) is 36.8. The third-order valence-electron chi connectivity index (χ3n) is 7.18. The molecule has 0 saturated carbocycles.